The maximum absolute atomic E-state index is 3.47. The van der Waals surface area contributed by atoms with E-state index in [0.29, 0.717) is 0 Å². The van der Waals surface area contributed by atoms with Crippen LogP contribution in [0.3, 0.4) is 0 Å². The van der Waals surface area contributed by atoms with Gasteiger partial charge in [-0.05, 0) is 64.8 Å². The molecule has 2 nitrogen and oxygen atoms in total. The Morgan fingerprint density at radius 3 is 2.92 bits per heavy atom. The molecule has 1 N–H and O–H groups in total. The van der Waals surface area contributed by atoms with E-state index in [2.05, 4.69) is 24.2 Å². The number of nitrogens with one attached hydrogen (secondary N) is 1. The van der Waals surface area contributed by atoms with Crippen molar-refractivity contribution in [3.8, 4) is 0 Å². The SMILES string of the molecule is CCN(C)CCCC1CCCNC1. The van der Waals surface area contributed by atoms with Crippen LogP contribution in [0.5, 0.6) is 0 Å². The fourth-order valence-electron chi connectivity index (χ4n) is 1.98. The molecule has 1 rings (SSSR count). The average Bonchev–Trinajstić information content (AvgIpc) is 2.19. The zero-order valence-electron chi connectivity index (χ0n) is 9.18. The molecule has 0 aliphatic carbocycles. The van der Waals surface area contributed by atoms with Crippen LogP contribution in [0.25, 0.3) is 0 Å². The molecule has 1 aliphatic rings. The Morgan fingerprint density at radius 2 is 2.31 bits per heavy atom. The number of piperidine rings is 1. The van der Waals surface area contributed by atoms with Crippen LogP contribution in [-0.2, 0) is 0 Å². The minimum Gasteiger partial charge on any atom is -0.316 e. The third-order valence-corrected chi connectivity index (χ3v) is 3.09. The average molecular weight is 184 g/mol. The molecule has 1 heterocycles. The molecular weight excluding hydrogens is 160 g/mol. The van der Waals surface area contributed by atoms with E-state index in [9.17, 15) is 0 Å². The number of hydrogen-bond donors (Lipinski definition) is 1. The van der Waals surface area contributed by atoms with Crippen molar-refractivity contribution in [1.29, 1.82) is 0 Å². The van der Waals surface area contributed by atoms with Gasteiger partial charge in [-0.2, -0.15) is 0 Å². The predicted molar refractivity (Wildman–Crippen MR) is 58.0 cm³/mol. The maximum Gasteiger partial charge on any atom is -0.00205 e. The van der Waals surface area contributed by atoms with E-state index in [1.165, 1.54) is 51.9 Å². The van der Waals surface area contributed by atoms with Crippen LogP contribution >= 0.6 is 0 Å². The van der Waals surface area contributed by atoms with Crippen molar-refractivity contribution in [2.24, 2.45) is 5.92 Å². The molecule has 0 spiro atoms. The standard InChI is InChI=1S/C11H24N2/c1-3-13(2)9-5-7-11-6-4-8-12-10-11/h11-12H,3-10H2,1-2H3. The van der Waals surface area contributed by atoms with Gasteiger partial charge >= 0.3 is 0 Å². The second-order valence-electron chi connectivity index (χ2n) is 4.25. The molecule has 78 valence electrons. The van der Waals surface area contributed by atoms with Crippen LogP contribution in [0, 0.1) is 5.92 Å². The summed E-state index contributed by atoms with van der Waals surface area (Å²) >= 11 is 0. The highest BCUT2D eigenvalue weighted by atomic mass is 15.1. The second-order valence-corrected chi connectivity index (χ2v) is 4.25. The third kappa shape index (κ3) is 4.63. The van der Waals surface area contributed by atoms with Crippen molar-refractivity contribution < 1.29 is 0 Å². The first-order valence-electron chi connectivity index (χ1n) is 5.72. The highest BCUT2D eigenvalue weighted by Gasteiger charge is 2.12. The Bertz CT molecular complexity index is 119. The van der Waals surface area contributed by atoms with E-state index in [1.807, 2.05) is 0 Å². The van der Waals surface area contributed by atoms with E-state index in [1.54, 1.807) is 0 Å². The van der Waals surface area contributed by atoms with Gasteiger partial charge in [-0.3, -0.25) is 0 Å². The molecule has 1 unspecified atom stereocenters. The van der Waals surface area contributed by atoms with Gasteiger partial charge in [0.05, 0.1) is 0 Å². The smallest absolute Gasteiger partial charge is 0.00205 e. The van der Waals surface area contributed by atoms with Crippen molar-refractivity contribution in [2.75, 3.05) is 33.2 Å². The lowest BCUT2D eigenvalue weighted by Crippen LogP contribution is -2.30. The van der Waals surface area contributed by atoms with Crippen LogP contribution in [-0.4, -0.2) is 38.1 Å². The highest BCUT2D eigenvalue weighted by Crippen LogP contribution is 2.15. The lowest BCUT2D eigenvalue weighted by Gasteiger charge is -2.23. The first kappa shape index (κ1) is 11.0. The van der Waals surface area contributed by atoms with Crippen LogP contribution in [0.1, 0.15) is 32.6 Å². The summed E-state index contributed by atoms with van der Waals surface area (Å²) in [7, 11) is 2.21. The number of nitrogens with zero attached hydrogens (tertiary/aromatic N) is 1. The molecule has 1 saturated heterocycles. The van der Waals surface area contributed by atoms with E-state index in [0.717, 1.165) is 5.92 Å². The molecule has 0 aromatic carbocycles. The van der Waals surface area contributed by atoms with Crippen molar-refractivity contribution in [2.45, 2.75) is 32.6 Å². The van der Waals surface area contributed by atoms with E-state index in [4.69, 9.17) is 0 Å². The molecule has 0 saturated carbocycles. The zero-order valence-corrected chi connectivity index (χ0v) is 9.18. The molecule has 13 heavy (non-hydrogen) atoms. The Hall–Kier alpha value is -0.0800. The summed E-state index contributed by atoms with van der Waals surface area (Å²) in [5.41, 5.74) is 0. The van der Waals surface area contributed by atoms with Gasteiger partial charge in [-0.1, -0.05) is 6.92 Å². The van der Waals surface area contributed by atoms with Crippen molar-refractivity contribution >= 4 is 0 Å². The molecule has 0 aromatic heterocycles. The van der Waals surface area contributed by atoms with E-state index in [-0.39, 0.29) is 0 Å². The summed E-state index contributed by atoms with van der Waals surface area (Å²) in [5.74, 6) is 0.957. The highest BCUT2D eigenvalue weighted by molar-refractivity contribution is 4.69. The molecule has 1 aliphatic heterocycles. The maximum atomic E-state index is 3.47. The zero-order chi connectivity index (χ0) is 9.52. The number of hydrogen-bond acceptors (Lipinski definition) is 2. The van der Waals surface area contributed by atoms with Gasteiger partial charge in [0.1, 0.15) is 0 Å². The molecule has 1 atom stereocenters. The summed E-state index contributed by atoms with van der Waals surface area (Å²) in [6.07, 6.45) is 5.62. The summed E-state index contributed by atoms with van der Waals surface area (Å²) in [4.78, 5) is 2.40. The molecule has 2 heteroatoms. The van der Waals surface area contributed by atoms with Gasteiger partial charge in [0.2, 0.25) is 0 Å². The lowest BCUT2D eigenvalue weighted by atomic mass is 9.95. The summed E-state index contributed by atoms with van der Waals surface area (Å²) in [5, 5.41) is 3.47. The van der Waals surface area contributed by atoms with Crippen LogP contribution in [0.2, 0.25) is 0 Å². The fourth-order valence-corrected chi connectivity index (χ4v) is 1.98. The fraction of sp³-hybridized carbons (Fsp3) is 1.00. The van der Waals surface area contributed by atoms with Gasteiger partial charge in [0.25, 0.3) is 0 Å². The normalized spacial score (nSPS) is 23.8. The van der Waals surface area contributed by atoms with Gasteiger partial charge in [0.15, 0.2) is 0 Å². The van der Waals surface area contributed by atoms with Crippen molar-refractivity contribution in [1.82, 2.24) is 10.2 Å². The Morgan fingerprint density at radius 1 is 1.46 bits per heavy atom. The van der Waals surface area contributed by atoms with Crippen molar-refractivity contribution in [3.05, 3.63) is 0 Å². The molecule has 0 radical (unpaired) electrons. The van der Waals surface area contributed by atoms with Crippen LogP contribution in [0.4, 0.5) is 0 Å². The quantitative estimate of drug-likeness (QED) is 0.700. The van der Waals surface area contributed by atoms with Crippen LogP contribution in [0.15, 0.2) is 0 Å². The van der Waals surface area contributed by atoms with Gasteiger partial charge < -0.3 is 10.2 Å². The van der Waals surface area contributed by atoms with Gasteiger partial charge in [-0.15, -0.1) is 0 Å². The van der Waals surface area contributed by atoms with Crippen LogP contribution < -0.4 is 5.32 Å². The monoisotopic (exact) mass is 184 g/mol. The first-order valence-corrected chi connectivity index (χ1v) is 5.72. The predicted octanol–water partition coefficient (Wildman–Crippen LogP) is 1.72. The van der Waals surface area contributed by atoms with E-state index < -0.39 is 0 Å². The summed E-state index contributed by atoms with van der Waals surface area (Å²) in [6, 6.07) is 0. The first-order chi connectivity index (χ1) is 6.33. The molecular formula is C11H24N2. The van der Waals surface area contributed by atoms with E-state index >= 15 is 0 Å². The lowest BCUT2D eigenvalue weighted by molar-refractivity contribution is 0.301. The Kier molecular flexibility index (Phi) is 5.40. The van der Waals surface area contributed by atoms with Gasteiger partial charge in [0, 0.05) is 0 Å². The molecule has 0 aromatic rings. The largest absolute Gasteiger partial charge is 0.316 e. The molecule has 1 fully saturated rings. The minimum atomic E-state index is 0.957. The Labute approximate surface area is 82.7 Å². The van der Waals surface area contributed by atoms with Crippen molar-refractivity contribution in [3.63, 3.8) is 0 Å². The summed E-state index contributed by atoms with van der Waals surface area (Å²) in [6.45, 7) is 7.18. The number of rotatable bonds is 5. The second kappa shape index (κ2) is 6.39. The molecule has 0 amide bonds. The Balaban J connectivity index is 1.98. The molecule has 0 bridgehead atoms. The third-order valence-electron chi connectivity index (χ3n) is 3.09. The van der Waals surface area contributed by atoms with Gasteiger partial charge in [-0.25, -0.2) is 0 Å². The topological polar surface area (TPSA) is 15.3 Å². The minimum absolute atomic E-state index is 0.957. The summed E-state index contributed by atoms with van der Waals surface area (Å²) < 4.78 is 0.